The molecule has 1 heterocycles. The number of fused-ring (bicyclic) bond motifs is 1. The summed E-state index contributed by atoms with van der Waals surface area (Å²) >= 11 is -2.23. The predicted octanol–water partition coefficient (Wildman–Crippen LogP) is 6.18. The van der Waals surface area contributed by atoms with Gasteiger partial charge in [-0.25, -0.2) is 0 Å². The van der Waals surface area contributed by atoms with Crippen molar-refractivity contribution in [3.05, 3.63) is 35.4 Å². The molecular formula is C21H37BNSn. The molecule has 0 fully saturated rings. The van der Waals surface area contributed by atoms with E-state index in [0.29, 0.717) is 0 Å². The van der Waals surface area contributed by atoms with Crippen LogP contribution in [0.5, 0.6) is 0 Å². The summed E-state index contributed by atoms with van der Waals surface area (Å²) in [5.74, 6) is 0. The quantitative estimate of drug-likeness (QED) is 0.399. The van der Waals surface area contributed by atoms with Gasteiger partial charge in [-0.2, -0.15) is 0 Å². The number of benzene rings is 1. The first kappa shape index (κ1) is 22.1. The number of rotatable bonds is 10. The summed E-state index contributed by atoms with van der Waals surface area (Å²) in [4.78, 5) is 2.74. The average molecular weight is 433 g/mol. The summed E-state index contributed by atoms with van der Waals surface area (Å²) in [6.45, 7) is 8.32. The Morgan fingerprint density at radius 1 is 0.917 bits per heavy atom. The predicted molar refractivity (Wildman–Crippen MR) is 111 cm³/mol. The molecule has 2 rings (SSSR count). The second-order valence-electron chi connectivity index (χ2n) is 7.69. The molecule has 1 aromatic rings. The second-order valence-corrected chi connectivity index (χ2v) is 21.3. The van der Waals surface area contributed by atoms with Crippen LogP contribution in [-0.4, -0.2) is 38.7 Å². The molecule has 1 atom stereocenters. The van der Waals surface area contributed by atoms with Crippen molar-refractivity contribution in [3.8, 4) is 0 Å². The van der Waals surface area contributed by atoms with Crippen molar-refractivity contribution in [1.29, 1.82) is 0 Å². The van der Waals surface area contributed by atoms with E-state index in [-0.39, 0.29) is 8.41 Å². The summed E-state index contributed by atoms with van der Waals surface area (Å²) in [5, 5.41) is 0. The molecule has 3 heteroatoms. The van der Waals surface area contributed by atoms with E-state index in [4.69, 9.17) is 0 Å². The normalized spacial score (nSPS) is 17.6. The zero-order valence-corrected chi connectivity index (χ0v) is 19.3. The first-order valence-electron chi connectivity index (χ1n) is 9.96. The third kappa shape index (κ3) is 5.03. The number of hydrogen-bond donors (Lipinski definition) is 0. The Balaban J connectivity index is 0.00000288. The van der Waals surface area contributed by atoms with Gasteiger partial charge in [0.25, 0.3) is 0 Å². The zero-order chi connectivity index (χ0) is 16.7. The molecule has 0 aliphatic carbocycles. The molecule has 1 aromatic carbocycles. The van der Waals surface area contributed by atoms with Gasteiger partial charge in [-0.3, -0.25) is 0 Å². The van der Waals surface area contributed by atoms with E-state index >= 15 is 0 Å². The van der Waals surface area contributed by atoms with Crippen molar-refractivity contribution in [2.24, 2.45) is 0 Å². The fourth-order valence-corrected chi connectivity index (χ4v) is 23.9. The van der Waals surface area contributed by atoms with Crippen LogP contribution in [0.25, 0.3) is 0 Å². The molecule has 133 valence electrons. The van der Waals surface area contributed by atoms with Crippen LogP contribution < -0.4 is 0 Å². The largest absolute Gasteiger partial charge is 0 e. The molecular weight excluding hydrogens is 396 g/mol. The minimum Gasteiger partial charge on any atom is 0 e. The van der Waals surface area contributed by atoms with Crippen LogP contribution in [0, 0.1) is 0 Å². The second kappa shape index (κ2) is 10.9. The molecule has 1 aliphatic rings. The molecule has 0 N–H and O–H groups in total. The van der Waals surface area contributed by atoms with Crippen molar-refractivity contribution in [2.75, 3.05) is 7.05 Å². The first-order chi connectivity index (χ1) is 11.2. The van der Waals surface area contributed by atoms with Gasteiger partial charge in [-0.05, 0) is 0 Å². The third-order valence-corrected chi connectivity index (χ3v) is 22.9. The molecule has 1 nitrogen and oxygen atoms in total. The maximum Gasteiger partial charge on any atom is 0 e. The van der Waals surface area contributed by atoms with Crippen molar-refractivity contribution < 1.29 is 0 Å². The van der Waals surface area contributed by atoms with E-state index in [9.17, 15) is 0 Å². The number of unbranched alkanes of at least 4 members (excludes halogenated alkanes) is 3. The van der Waals surface area contributed by atoms with Crippen LogP contribution in [0.2, 0.25) is 13.3 Å². The minimum absolute atomic E-state index is 0. The summed E-state index contributed by atoms with van der Waals surface area (Å²) in [7, 11) is 2.40. The van der Waals surface area contributed by atoms with Gasteiger partial charge in [0.15, 0.2) is 0 Å². The van der Waals surface area contributed by atoms with E-state index in [1.807, 2.05) is 0 Å². The molecule has 0 unspecified atom stereocenters. The maximum absolute atomic E-state index is 2.74. The summed E-state index contributed by atoms with van der Waals surface area (Å²) in [6.07, 6.45) is 8.51. The number of hydrogen-bond acceptors (Lipinski definition) is 1. The zero-order valence-electron chi connectivity index (χ0n) is 16.5. The summed E-state index contributed by atoms with van der Waals surface area (Å²) in [5.41, 5.74) is 3.33. The average Bonchev–Trinajstić information content (AvgIpc) is 2.91. The van der Waals surface area contributed by atoms with Gasteiger partial charge in [0.05, 0.1) is 0 Å². The SMILES string of the molecule is CCC[CH2][Sn]([CH2]CCC)([CH2]CCC)[C@H]1c2ccccc2CN1C.[B]. The molecule has 0 amide bonds. The van der Waals surface area contributed by atoms with E-state index in [2.05, 4.69) is 57.0 Å². The van der Waals surface area contributed by atoms with Gasteiger partial charge in [0.2, 0.25) is 0 Å². The van der Waals surface area contributed by atoms with Crippen LogP contribution in [-0.2, 0) is 6.54 Å². The molecule has 0 bridgehead atoms. The Labute approximate surface area is 157 Å². The molecule has 0 saturated heterocycles. The van der Waals surface area contributed by atoms with Crippen molar-refractivity contribution in [1.82, 2.24) is 4.90 Å². The Morgan fingerprint density at radius 2 is 1.42 bits per heavy atom. The summed E-state index contributed by atoms with van der Waals surface area (Å²) in [6, 6.07) is 9.35. The fourth-order valence-electron chi connectivity index (χ4n) is 4.71. The van der Waals surface area contributed by atoms with E-state index in [1.165, 1.54) is 45.1 Å². The van der Waals surface area contributed by atoms with Gasteiger partial charge >= 0.3 is 149 Å². The molecule has 1 aliphatic heterocycles. The van der Waals surface area contributed by atoms with Gasteiger partial charge in [-0.1, -0.05) is 0 Å². The molecule has 3 radical (unpaired) electrons. The molecule has 24 heavy (non-hydrogen) atoms. The van der Waals surface area contributed by atoms with Crippen LogP contribution in [0.3, 0.4) is 0 Å². The maximum atomic E-state index is 2.74. The van der Waals surface area contributed by atoms with Gasteiger partial charge < -0.3 is 0 Å². The smallest absolute Gasteiger partial charge is 0 e. The molecule has 0 aromatic heterocycles. The molecule has 0 spiro atoms. The van der Waals surface area contributed by atoms with Gasteiger partial charge in [0.1, 0.15) is 0 Å². The first-order valence-corrected chi connectivity index (χ1v) is 17.7. The monoisotopic (exact) mass is 434 g/mol. The minimum atomic E-state index is -2.23. The Hall–Kier alpha value is 0.0436. The number of nitrogens with zero attached hydrogens (tertiary/aromatic N) is 1. The van der Waals surface area contributed by atoms with Crippen LogP contribution in [0.15, 0.2) is 24.3 Å². The van der Waals surface area contributed by atoms with Crippen molar-refractivity contribution in [2.45, 2.75) is 83.2 Å². The standard InChI is InChI=1S/C9H10N.3C4H9.B.Sn/c1-10-6-8-4-2-3-5-9(8)7-10;3*1-3-4-2;;/h2-6H,7H2,1H3;3*1,3-4H2,2H3;;. The van der Waals surface area contributed by atoms with Crippen LogP contribution in [0.4, 0.5) is 0 Å². The fraction of sp³-hybridized carbons (Fsp3) is 0.714. The Bertz CT molecular complexity index is 455. The van der Waals surface area contributed by atoms with Crippen LogP contribution >= 0.6 is 0 Å². The van der Waals surface area contributed by atoms with Crippen LogP contribution in [0.1, 0.15) is 74.5 Å². The van der Waals surface area contributed by atoms with E-state index in [1.54, 1.807) is 24.4 Å². The van der Waals surface area contributed by atoms with Crippen molar-refractivity contribution >= 4 is 26.8 Å². The van der Waals surface area contributed by atoms with E-state index in [0.717, 1.165) is 4.06 Å². The molecule has 0 saturated carbocycles. The Morgan fingerprint density at radius 3 is 1.92 bits per heavy atom. The topological polar surface area (TPSA) is 3.24 Å². The van der Waals surface area contributed by atoms with Gasteiger partial charge in [-0.15, -0.1) is 0 Å². The van der Waals surface area contributed by atoms with E-state index < -0.39 is 18.4 Å². The Kier molecular flexibility index (Phi) is 10.0. The summed E-state index contributed by atoms with van der Waals surface area (Å²) < 4.78 is 5.66. The van der Waals surface area contributed by atoms with Crippen molar-refractivity contribution in [3.63, 3.8) is 0 Å². The van der Waals surface area contributed by atoms with Gasteiger partial charge in [0, 0.05) is 8.41 Å². The third-order valence-electron chi connectivity index (χ3n) is 5.87.